The molecule has 1 spiro atoms. The zero-order chi connectivity index (χ0) is 25.1. The Labute approximate surface area is 214 Å². The number of amidine groups is 1. The molecule has 2 fully saturated rings. The molecule has 0 unspecified atom stereocenters. The second kappa shape index (κ2) is 10.6. The number of benzene rings is 1. The molecular weight excluding hydrogens is 478 g/mol. The number of fused-ring (bicyclic) bond motifs is 1. The Balaban J connectivity index is 1.28. The van der Waals surface area contributed by atoms with Crippen LogP contribution in [0.15, 0.2) is 29.3 Å². The van der Waals surface area contributed by atoms with Crippen LogP contribution >= 0.6 is 11.3 Å². The SMILES string of the molecule is CCNC(=O)Nc1sc2ccccc2c1C(=O)N1CCC2(CC1)N=C(COC1CCCCC1)NC2=O. The summed E-state index contributed by atoms with van der Waals surface area (Å²) in [7, 11) is 0. The van der Waals surface area contributed by atoms with Gasteiger partial charge in [0.25, 0.3) is 11.8 Å². The first-order valence-corrected chi connectivity index (χ1v) is 13.7. The fourth-order valence-electron chi connectivity index (χ4n) is 5.31. The van der Waals surface area contributed by atoms with E-state index in [-0.39, 0.29) is 23.9 Å². The third-order valence-electron chi connectivity index (χ3n) is 7.29. The van der Waals surface area contributed by atoms with Crippen LogP contribution in [0, 0.1) is 0 Å². The van der Waals surface area contributed by atoms with Crippen LogP contribution in [0.2, 0.25) is 0 Å². The Morgan fingerprint density at radius 1 is 1.19 bits per heavy atom. The summed E-state index contributed by atoms with van der Waals surface area (Å²) in [6.45, 7) is 3.49. The van der Waals surface area contributed by atoms with Crippen LogP contribution in [0.3, 0.4) is 0 Å². The van der Waals surface area contributed by atoms with Crippen molar-refractivity contribution < 1.29 is 19.1 Å². The summed E-state index contributed by atoms with van der Waals surface area (Å²) in [5.74, 6) is 0.358. The van der Waals surface area contributed by atoms with Gasteiger partial charge in [0.2, 0.25) is 0 Å². The second-order valence-electron chi connectivity index (χ2n) is 9.69. The number of aliphatic imine (C=N–C) groups is 1. The predicted molar refractivity (Wildman–Crippen MR) is 141 cm³/mol. The summed E-state index contributed by atoms with van der Waals surface area (Å²) in [5, 5.41) is 9.84. The highest BCUT2D eigenvalue weighted by Gasteiger charge is 2.46. The number of anilines is 1. The summed E-state index contributed by atoms with van der Waals surface area (Å²) in [6.07, 6.45) is 6.94. The summed E-state index contributed by atoms with van der Waals surface area (Å²) >= 11 is 1.39. The number of carbonyl (C=O) groups is 3. The quantitative estimate of drug-likeness (QED) is 0.546. The van der Waals surface area contributed by atoms with Gasteiger partial charge >= 0.3 is 6.03 Å². The van der Waals surface area contributed by atoms with Crippen molar-refractivity contribution in [3.8, 4) is 0 Å². The van der Waals surface area contributed by atoms with Gasteiger partial charge in [0.1, 0.15) is 23.0 Å². The average molecular weight is 512 g/mol. The van der Waals surface area contributed by atoms with Crippen molar-refractivity contribution in [1.82, 2.24) is 15.5 Å². The van der Waals surface area contributed by atoms with E-state index in [9.17, 15) is 14.4 Å². The summed E-state index contributed by atoms with van der Waals surface area (Å²) < 4.78 is 6.95. The van der Waals surface area contributed by atoms with Gasteiger partial charge in [-0.15, -0.1) is 11.3 Å². The van der Waals surface area contributed by atoms with Crippen molar-refractivity contribution >= 4 is 50.1 Å². The van der Waals surface area contributed by atoms with Crippen molar-refractivity contribution in [2.75, 3.05) is 31.6 Å². The number of hydrogen-bond acceptors (Lipinski definition) is 6. The van der Waals surface area contributed by atoms with E-state index in [1.54, 1.807) is 4.90 Å². The minimum absolute atomic E-state index is 0.101. The van der Waals surface area contributed by atoms with Crippen LogP contribution in [-0.4, -0.2) is 66.5 Å². The molecule has 1 saturated carbocycles. The molecule has 1 aromatic heterocycles. The Hall–Kier alpha value is -2.98. The van der Waals surface area contributed by atoms with E-state index in [1.165, 1.54) is 30.6 Å². The van der Waals surface area contributed by atoms with Crippen molar-refractivity contribution in [3.63, 3.8) is 0 Å². The third-order valence-corrected chi connectivity index (χ3v) is 8.38. The first-order chi connectivity index (χ1) is 17.5. The van der Waals surface area contributed by atoms with E-state index >= 15 is 0 Å². The maximum atomic E-state index is 13.7. The van der Waals surface area contributed by atoms with Gasteiger partial charge in [-0.25, -0.2) is 4.79 Å². The lowest BCUT2D eigenvalue weighted by Crippen LogP contribution is -2.50. The molecule has 4 amide bonds. The van der Waals surface area contributed by atoms with E-state index in [1.807, 2.05) is 31.2 Å². The van der Waals surface area contributed by atoms with Crippen LogP contribution in [0.25, 0.3) is 10.1 Å². The van der Waals surface area contributed by atoms with Crippen molar-refractivity contribution in [2.45, 2.75) is 63.5 Å². The van der Waals surface area contributed by atoms with Gasteiger partial charge in [-0.05, 0) is 38.7 Å². The zero-order valence-corrected chi connectivity index (χ0v) is 21.4. The van der Waals surface area contributed by atoms with Crippen LogP contribution in [0.1, 0.15) is 62.2 Å². The number of likely N-dealkylation sites (tertiary alicyclic amines) is 1. The summed E-state index contributed by atoms with van der Waals surface area (Å²) in [4.78, 5) is 45.3. The van der Waals surface area contributed by atoms with E-state index in [0.29, 0.717) is 55.5 Å². The molecule has 9 nitrogen and oxygen atoms in total. The second-order valence-corrected chi connectivity index (χ2v) is 10.7. The van der Waals surface area contributed by atoms with E-state index < -0.39 is 5.54 Å². The summed E-state index contributed by atoms with van der Waals surface area (Å²) in [6, 6.07) is 7.32. The molecule has 1 saturated heterocycles. The largest absolute Gasteiger partial charge is 0.370 e. The first kappa shape index (κ1) is 24.7. The van der Waals surface area contributed by atoms with Crippen LogP contribution in [0.5, 0.6) is 0 Å². The number of nitrogens with zero attached hydrogens (tertiary/aromatic N) is 2. The smallest absolute Gasteiger partial charge is 0.319 e. The molecular formula is C26H33N5O4S. The highest BCUT2D eigenvalue weighted by Crippen LogP contribution is 2.38. The summed E-state index contributed by atoms with van der Waals surface area (Å²) in [5.41, 5.74) is -0.334. The lowest BCUT2D eigenvalue weighted by molar-refractivity contribution is -0.125. The number of hydrogen-bond donors (Lipinski definition) is 3. The third kappa shape index (κ3) is 4.97. The highest BCUT2D eigenvalue weighted by molar-refractivity contribution is 7.23. The molecule has 3 N–H and O–H groups in total. The van der Waals surface area contributed by atoms with E-state index in [4.69, 9.17) is 9.73 Å². The van der Waals surface area contributed by atoms with Gasteiger partial charge in [0.05, 0.1) is 11.7 Å². The predicted octanol–water partition coefficient (Wildman–Crippen LogP) is 3.90. The molecule has 0 radical (unpaired) electrons. The topological polar surface area (TPSA) is 112 Å². The van der Waals surface area contributed by atoms with Gasteiger partial charge in [-0.1, -0.05) is 37.5 Å². The molecule has 5 rings (SSSR count). The molecule has 0 bridgehead atoms. The number of ether oxygens (including phenoxy) is 1. The molecule has 2 aliphatic heterocycles. The number of piperidine rings is 1. The lowest BCUT2D eigenvalue weighted by atomic mass is 9.87. The molecule has 0 atom stereocenters. The molecule has 2 aromatic rings. The van der Waals surface area contributed by atoms with Gasteiger partial charge in [-0.3, -0.25) is 19.9 Å². The molecule has 1 aromatic carbocycles. The Kier molecular flexibility index (Phi) is 7.25. The van der Waals surface area contributed by atoms with Gasteiger partial charge < -0.3 is 20.3 Å². The molecule has 192 valence electrons. The van der Waals surface area contributed by atoms with Gasteiger partial charge in [0, 0.05) is 29.7 Å². The number of thiophene rings is 1. The van der Waals surface area contributed by atoms with Crippen LogP contribution in [-0.2, 0) is 9.53 Å². The lowest BCUT2D eigenvalue weighted by Gasteiger charge is -2.35. The van der Waals surface area contributed by atoms with Crippen LogP contribution in [0.4, 0.5) is 9.80 Å². The number of urea groups is 1. The molecule has 10 heteroatoms. The van der Waals surface area contributed by atoms with Crippen molar-refractivity contribution in [3.05, 3.63) is 29.8 Å². The van der Waals surface area contributed by atoms with Crippen LogP contribution < -0.4 is 16.0 Å². The Morgan fingerprint density at radius 2 is 1.94 bits per heavy atom. The normalized spacial score (nSPS) is 19.9. The molecule has 1 aliphatic carbocycles. The fraction of sp³-hybridized carbons (Fsp3) is 0.538. The first-order valence-electron chi connectivity index (χ1n) is 12.9. The fourth-order valence-corrected chi connectivity index (χ4v) is 6.40. The molecule has 3 aliphatic rings. The number of nitrogens with one attached hydrogen (secondary N) is 3. The maximum absolute atomic E-state index is 13.7. The monoisotopic (exact) mass is 511 g/mol. The van der Waals surface area contributed by atoms with Gasteiger partial charge in [0.15, 0.2) is 0 Å². The average Bonchev–Trinajstić information content (AvgIpc) is 3.40. The van der Waals surface area contributed by atoms with E-state index in [2.05, 4.69) is 16.0 Å². The minimum Gasteiger partial charge on any atom is -0.370 e. The Bertz CT molecular complexity index is 1180. The molecule has 36 heavy (non-hydrogen) atoms. The van der Waals surface area contributed by atoms with Crippen molar-refractivity contribution in [2.24, 2.45) is 4.99 Å². The highest BCUT2D eigenvalue weighted by atomic mass is 32.1. The van der Waals surface area contributed by atoms with Crippen molar-refractivity contribution in [1.29, 1.82) is 0 Å². The minimum atomic E-state index is -0.832. The number of rotatable bonds is 6. The zero-order valence-electron chi connectivity index (χ0n) is 20.6. The Morgan fingerprint density at radius 3 is 2.69 bits per heavy atom. The standard InChI is InChI=1S/C26H33N5O4S/c1-2-27-25(34)29-22-21(18-10-6-7-11-19(18)36-22)23(32)31-14-12-26(13-15-31)24(33)28-20(30-26)16-35-17-8-4-3-5-9-17/h6-7,10-11,17H,2-5,8-9,12-16H2,1H3,(H2,27,29,34)(H,28,30,33). The van der Waals surface area contributed by atoms with E-state index in [0.717, 1.165) is 22.9 Å². The number of amides is 4. The van der Waals surface area contributed by atoms with Gasteiger partial charge in [-0.2, -0.15) is 0 Å². The number of carbonyl (C=O) groups excluding carboxylic acids is 3. The maximum Gasteiger partial charge on any atom is 0.319 e. The molecule has 3 heterocycles.